The number of hydrogen-bond acceptors (Lipinski definition) is 4. The van der Waals surface area contributed by atoms with Crippen LogP contribution in [0.15, 0.2) is 34.0 Å². The van der Waals surface area contributed by atoms with Crippen molar-refractivity contribution in [3.8, 4) is 5.75 Å². The molecule has 0 unspecified atom stereocenters. The van der Waals surface area contributed by atoms with E-state index in [-0.39, 0.29) is 11.2 Å². The topological polar surface area (TPSA) is 66.1 Å². The molecule has 0 saturated carbocycles. The fourth-order valence-corrected chi connectivity index (χ4v) is 1.81. The third-order valence-corrected chi connectivity index (χ3v) is 2.81. The summed E-state index contributed by atoms with van der Waals surface area (Å²) in [5.41, 5.74) is 0.829. The van der Waals surface area contributed by atoms with Crippen LogP contribution >= 0.6 is 0 Å². The molecule has 0 atom stereocenters. The van der Waals surface area contributed by atoms with E-state index < -0.39 is 0 Å². The second-order valence-corrected chi connectivity index (χ2v) is 4.26. The summed E-state index contributed by atoms with van der Waals surface area (Å²) in [7, 11) is 3.03. The molecule has 0 fully saturated rings. The summed E-state index contributed by atoms with van der Waals surface area (Å²) in [6, 6.07) is 4.94. The average Bonchev–Trinajstić information content (AvgIpc) is 2.39. The SMILES string of the molecule is COc1cc(C)nc(Cn2ccc(=O)n(C)c2=O)c1. The molecule has 0 aliphatic carbocycles. The minimum Gasteiger partial charge on any atom is -0.497 e. The van der Waals surface area contributed by atoms with E-state index in [0.717, 1.165) is 10.3 Å². The van der Waals surface area contributed by atoms with Crippen LogP contribution in [0.4, 0.5) is 0 Å². The first-order valence-electron chi connectivity index (χ1n) is 5.79. The Morgan fingerprint density at radius 1 is 1.32 bits per heavy atom. The highest BCUT2D eigenvalue weighted by Crippen LogP contribution is 2.13. The van der Waals surface area contributed by atoms with Crippen molar-refractivity contribution in [2.75, 3.05) is 7.11 Å². The van der Waals surface area contributed by atoms with Gasteiger partial charge in [-0.3, -0.25) is 18.9 Å². The van der Waals surface area contributed by atoms with Gasteiger partial charge in [-0.1, -0.05) is 0 Å². The van der Waals surface area contributed by atoms with Gasteiger partial charge >= 0.3 is 5.69 Å². The summed E-state index contributed by atoms with van der Waals surface area (Å²) >= 11 is 0. The lowest BCUT2D eigenvalue weighted by Gasteiger charge is -2.09. The number of pyridine rings is 1. The van der Waals surface area contributed by atoms with Crippen LogP contribution < -0.4 is 16.0 Å². The Labute approximate surface area is 109 Å². The highest BCUT2D eigenvalue weighted by atomic mass is 16.5. The monoisotopic (exact) mass is 261 g/mol. The summed E-state index contributed by atoms with van der Waals surface area (Å²) in [5, 5.41) is 0. The van der Waals surface area contributed by atoms with Gasteiger partial charge in [0, 0.05) is 37.1 Å². The van der Waals surface area contributed by atoms with E-state index in [2.05, 4.69) is 4.98 Å². The Balaban J connectivity index is 2.42. The van der Waals surface area contributed by atoms with Crippen LogP contribution in [0.5, 0.6) is 5.75 Å². The van der Waals surface area contributed by atoms with Crippen molar-refractivity contribution in [2.45, 2.75) is 13.5 Å². The van der Waals surface area contributed by atoms with Crippen LogP contribution in [0.1, 0.15) is 11.4 Å². The van der Waals surface area contributed by atoms with Crippen LogP contribution in [-0.4, -0.2) is 21.2 Å². The van der Waals surface area contributed by atoms with E-state index in [1.54, 1.807) is 13.2 Å². The van der Waals surface area contributed by atoms with Crippen molar-refractivity contribution in [3.05, 3.63) is 56.6 Å². The number of ether oxygens (including phenoxy) is 1. The molecular weight excluding hydrogens is 246 g/mol. The van der Waals surface area contributed by atoms with Crippen LogP contribution in [0.25, 0.3) is 0 Å². The average molecular weight is 261 g/mol. The summed E-state index contributed by atoms with van der Waals surface area (Å²) in [6.45, 7) is 2.15. The van der Waals surface area contributed by atoms with Gasteiger partial charge in [-0.05, 0) is 6.92 Å². The van der Waals surface area contributed by atoms with Crippen molar-refractivity contribution in [2.24, 2.45) is 7.05 Å². The Bertz CT molecular complexity index is 716. The summed E-state index contributed by atoms with van der Waals surface area (Å²) in [4.78, 5) is 27.6. The first-order chi connectivity index (χ1) is 9.01. The zero-order chi connectivity index (χ0) is 14.0. The van der Waals surface area contributed by atoms with Crippen molar-refractivity contribution in [1.29, 1.82) is 0 Å². The maximum absolute atomic E-state index is 11.9. The fourth-order valence-electron chi connectivity index (χ4n) is 1.81. The molecule has 0 spiro atoms. The number of methoxy groups -OCH3 is 1. The van der Waals surface area contributed by atoms with Crippen LogP contribution in [0.3, 0.4) is 0 Å². The van der Waals surface area contributed by atoms with E-state index in [0.29, 0.717) is 18.0 Å². The predicted molar refractivity (Wildman–Crippen MR) is 70.6 cm³/mol. The van der Waals surface area contributed by atoms with Crippen molar-refractivity contribution >= 4 is 0 Å². The Morgan fingerprint density at radius 2 is 2.05 bits per heavy atom. The first kappa shape index (κ1) is 13.1. The van der Waals surface area contributed by atoms with Crippen molar-refractivity contribution in [3.63, 3.8) is 0 Å². The molecule has 2 rings (SSSR count). The minimum absolute atomic E-state index is 0.297. The van der Waals surface area contributed by atoms with Gasteiger partial charge in [0.2, 0.25) is 0 Å². The third kappa shape index (κ3) is 2.73. The van der Waals surface area contributed by atoms with E-state index in [1.807, 2.05) is 13.0 Å². The second-order valence-electron chi connectivity index (χ2n) is 4.26. The zero-order valence-corrected chi connectivity index (χ0v) is 11.1. The lowest BCUT2D eigenvalue weighted by Crippen LogP contribution is -2.37. The van der Waals surface area contributed by atoms with Crippen LogP contribution in [0.2, 0.25) is 0 Å². The fraction of sp³-hybridized carbons (Fsp3) is 0.308. The first-order valence-corrected chi connectivity index (χ1v) is 5.79. The lowest BCUT2D eigenvalue weighted by atomic mass is 10.3. The molecule has 0 radical (unpaired) electrons. The number of rotatable bonds is 3. The quantitative estimate of drug-likeness (QED) is 0.797. The van der Waals surface area contributed by atoms with E-state index in [4.69, 9.17) is 4.74 Å². The molecule has 19 heavy (non-hydrogen) atoms. The summed E-state index contributed by atoms with van der Waals surface area (Å²) in [6.07, 6.45) is 1.47. The van der Waals surface area contributed by atoms with Gasteiger partial charge in [0.05, 0.1) is 19.3 Å². The number of aryl methyl sites for hydroxylation is 1. The summed E-state index contributed by atoms with van der Waals surface area (Å²) in [5.74, 6) is 0.695. The molecule has 0 N–H and O–H groups in total. The number of aromatic nitrogens is 3. The molecule has 0 aliphatic rings. The van der Waals surface area contributed by atoms with Gasteiger partial charge in [0.15, 0.2) is 0 Å². The zero-order valence-electron chi connectivity index (χ0n) is 11.1. The lowest BCUT2D eigenvalue weighted by molar-refractivity contribution is 0.412. The van der Waals surface area contributed by atoms with E-state index >= 15 is 0 Å². The standard InChI is InChI=1S/C13H15N3O3/c1-9-6-11(19-3)7-10(14-9)8-16-5-4-12(17)15(2)13(16)18/h4-7H,8H2,1-3H3. The Kier molecular flexibility index (Phi) is 3.50. The maximum atomic E-state index is 11.9. The molecule has 0 bridgehead atoms. The van der Waals surface area contributed by atoms with Gasteiger partial charge in [0.1, 0.15) is 5.75 Å². The minimum atomic E-state index is -0.366. The highest BCUT2D eigenvalue weighted by Gasteiger charge is 2.05. The maximum Gasteiger partial charge on any atom is 0.331 e. The van der Waals surface area contributed by atoms with Crippen LogP contribution in [-0.2, 0) is 13.6 Å². The van der Waals surface area contributed by atoms with Gasteiger partial charge in [-0.15, -0.1) is 0 Å². The molecule has 2 heterocycles. The largest absolute Gasteiger partial charge is 0.497 e. The molecule has 0 aliphatic heterocycles. The Hall–Kier alpha value is -2.37. The van der Waals surface area contributed by atoms with Gasteiger partial charge < -0.3 is 4.74 Å². The molecule has 100 valence electrons. The van der Waals surface area contributed by atoms with E-state index in [1.165, 1.54) is 23.9 Å². The van der Waals surface area contributed by atoms with Crippen molar-refractivity contribution < 1.29 is 4.74 Å². The normalized spacial score (nSPS) is 10.5. The third-order valence-electron chi connectivity index (χ3n) is 2.81. The highest BCUT2D eigenvalue weighted by molar-refractivity contribution is 5.26. The Morgan fingerprint density at radius 3 is 2.74 bits per heavy atom. The van der Waals surface area contributed by atoms with Gasteiger partial charge in [-0.2, -0.15) is 0 Å². The predicted octanol–water partition coefficient (Wildman–Crippen LogP) is 0.307. The second kappa shape index (κ2) is 5.09. The smallest absolute Gasteiger partial charge is 0.331 e. The van der Waals surface area contributed by atoms with Crippen LogP contribution in [0, 0.1) is 6.92 Å². The van der Waals surface area contributed by atoms with Crippen molar-refractivity contribution in [1.82, 2.24) is 14.1 Å². The molecule has 6 nitrogen and oxygen atoms in total. The molecular formula is C13H15N3O3. The number of nitrogens with zero attached hydrogens (tertiary/aromatic N) is 3. The molecule has 2 aromatic heterocycles. The molecule has 2 aromatic rings. The molecule has 0 saturated heterocycles. The molecule has 0 aromatic carbocycles. The summed E-state index contributed by atoms with van der Waals surface area (Å²) < 4.78 is 7.66. The number of hydrogen-bond donors (Lipinski definition) is 0. The van der Waals surface area contributed by atoms with Gasteiger partial charge in [0.25, 0.3) is 5.56 Å². The molecule has 0 amide bonds. The van der Waals surface area contributed by atoms with E-state index in [9.17, 15) is 9.59 Å². The van der Waals surface area contributed by atoms with Gasteiger partial charge in [-0.25, -0.2) is 4.79 Å². The molecule has 6 heteroatoms.